The summed E-state index contributed by atoms with van der Waals surface area (Å²) in [5.74, 6) is 0.0483. The summed E-state index contributed by atoms with van der Waals surface area (Å²) in [5, 5.41) is 8.80. The fraction of sp³-hybridized carbons (Fsp3) is 0.348. The third-order valence-corrected chi connectivity index (χ3v) is 5.03. The normalized spacial score (nSPS) is 14.5. The molecule has 0 saturated carbocycles. The lowest BCUT2D eigenvalue weighted by atomic mass is 9.97. The van der Waals surface area contributed by atoms with Crippen molar-refractivity contribution >= 4 is 17.2 Å². The van der Waals surface area contributed by atoms with Gasteiger partial charge in [-0.3, -0.25) is 9.69 Å². The topological polar surface area (TPSA) is 75.8 Å². The van der Waals surface area contributed by atoms with Crippen LogP contribution in [0.25, 0.3) is 5.57 Å². The van der Waals surface area contributed by atoms with Crippen LogP contribution in [0, 0.1) is 0 Å². The Morgan fingerprint density at radius 3 is 2.68 bits per heavy atom. The van der Waals surface area contributed by atoms with E-state index in [1.54, 1.807) is 0 Å². The molecule has 0 aliphatic carbocycles. The molecule has 1 aliphatic rings. The summed E-state index contributed by atoms with van der Waals surface area (Å²) in [6.07, 6.45) is 5.17. The summed E-state index contributed by atoms with van der Waals surface area (Å²) >= 11 is 0. The Hall–Kier alpha value is -2.79. The van der Waals surface area contributed by atoms with Crippen LogP contribution >= 0.6 is 0 Å². The standard InChI is InChI=1S/C23H28N2O3/c24-22-17-20(28-16-4-7-18-5-2-1-3-6-18)8-9-21(22)19-10-13-25(14-11-19)15-12-23(26)27/h1-3,5-6,8-10,17H,4,7,11-16,24H2,(H,26,27). The number of ether oxygens (including phenoxy) is 1. The van der Waals surface area contributed by atoms with E-state index < -0.39 is 5.97 Å². The Morgan fingerprint density at radius 1 is 1.18 bits per heavy atom. The maximum Gasteiger partial charge on any atom is 0.304 e. The molecule has 1 aliphatic heterocycles. The molecule has 5 heteroatoms. The molecule has 0 atom stereocenters. The quantitative estimate of drug-likeness (QED) is 0.511. The number of benzene rings is 2. The molecule has 5 nitrogen and oxygen atoms in total. The van der Waals surface area contributed by atoms with Crippen LogP contribution in [-0.4, -0.2) is 42.2 Å². The van der Waals surface area contributed by atoms with E-state index in [0.29, 0.717) is 13.2 Å². The number of nitrogens with two attached hydrogens (primary N) is 1. The molecular formula is C23H28N2O3. The average Bonchev–Trinajstić information content (AvgIpc) is 2.71. The molecule has 0 saturated heterocycles. The lowest BCUT2D eigenvalue weighted by Crippen LogP contribution is -2.30. The number of carboxylic acids is 1. The number of hydrogen-bond donors (Lipinski definition) is 2. The number of nitrogens with zero attached hydrogens (tertiary/aromatic N) is 1. The summed E-state index contributed by atoms with van der Waals surface area (Å²) in [4.78, 5) is 12.9. The fourth-order valence-electron chi connectivity index (χ4n) is 3.45. The van der Waals surface area contributed by atoms with Crippen molar-refractivity contribution in [3.05, 3.63) is 65.7 Å². The predicted octanol–water partition coefficient (Wildman–Crippen LogP) is 3.84. The molecule has 0 unspecified atom stereocenters. The van der Waals surface area contributed by atoms with Gasteiger partial charge in [0.1, 0.15) is 5.75 Å². The van der Waals surface area contributed by atoms with Crippen molar-refractivity contribution in [3.63, 3.8) is 0 Å². The molecule has 0 spiro atoms. The number of carboxylic acid groups (broad SMARTS) is 1. The fourth-order valence-corrected chi connectivity index (χ4v) is 3.45. The van der Waals surface area contributed by atoms with Crippen LogP contribution in [0.3, 0.4) is 0 Å². The molecule has 28 heavy (non-hydrogen) atoms. The van der Waals surface area contributed by atoms with Crippen molar-refractivity contribution in [1.29, 1.82) is 0 Å². The van der Waals surface area contributed by atoms with E-state index in [9.17, 15) is 4.79 Å². The Labute approximate surface area is 166 Å². The molecule has 3 N–H and O–H groups in total. The molecule has 0 radical (unpaired) electrons. The van der Waals surface area contributed by atoms with Gasteiger partial charge >= 0.3 is 5.97 Å². The van der Waals surface area contributed by atoms with Gasteiger partial charge in [-0.2, -0.15) is 0 Å². The molecule has 0 aromatic heterocycles. The van der Waals surface area contributed by atoms with Gasteiger partial charge in [-0.1, -0.05) is 36.4 Å². The minimum absolute atomic E-state index is 0.182. The monoisotopic (exact) mass is 380 g/mol. The van der Waals surface area contributed by atoms with Gasteiger partial charge in [0.25, 0.3) is 0 Å². The molecule has 0 amide bonds. The first kappa shape index (κ1) is 20.0. The van der Waals surface area contributed by atoms with Gasteiger partial charge in [0.2, 0.25) is 0 Å². The van der Waals surface area contributed by atoms with Crippen LogP contribution in [0.1, 0.15) is 30.4 Å². The van der Waals surface area contributed by atoms with Crippen LogP contribution in [0.5, 0.6) is 5.75 Å². The highest BCUT2D eigenvalue weighted by Gasteiger charge is 2.15. The second-order valence-corrected chi connectivity index (χ2v) is 7.11. The number of aliphatic carboxylic acids is 1. The first-order chi connectivity index (χ1) is 13.6. The van der Waals surface area contributed by atoms with E-state index in [-0.39, 0.29) is 6.42 Å². The summed E-state index contributed by atoms with van der Waals surface area (Å²) in [6, 6.07) is 16.3. The zero-order chi connectivity index (χ0) is 19.8. The highest BCUT2D eigenvalue weighted by Crippen LogP contribution is 2.30. The van der Waals surface area contributed by atoms with Gasteiger partial charge < -0.3 is 15.6 Å². The summed E-state index contributed by atoms with van der Waals surface area (Å²) in [6.45, 7) is 2.87. The van der Waals surface area contributed by atoms with E-state index in [1.807, 2.05) is 24.3 Å². The second-order valence-electron chi connectivity index (χ2n) is 7.11. The van der Waals surface area contributed by atoms with E-state index in [2.05, 4.69) is 35.2 Å². The van der Waals surface area contributed by atoms with Gasteiger partial charge in [-0.25, -0.2) is 0 Å². The Kier molecular flexibility index (Phi) is 7.09. The zero-order valence-corrected chi connectivity index (χ0v) is 16.1. The van der Waals surface area contributed by atoms with Crippen molar-refractivity contribution in [2.45, 2.75) is 25.7 Å². The lowest BCUT2D eigenvalue weighted by molar-refractivity contribution is -0.137. The maximum absolute atomic E-state index is 10.7. The first-order valence-corrected chi connectivity index (χ1v) is 9.81. The van der Waals surface area contributed by atoms with Crippen LogP contribution < -0.4 is 10.5 Å². The lowest BCUT2D eigenvalue weighted by Gasteiger charge is -2.26. The van der Waals surface area contributed by atoms with E-state index in [0.717, 1.165) is 49.4 Å². The number of carbonyl (C=O) groups is 1. The van der Waals surface area contributed by atoms with Gasteiger partial charge in [-0.15, -0.1) is 0 Å². The minimum atomic E-state index is -0.752. The summed E-state index contributed by atoms with van der Waals surface area (Å²) in [7, 11) is 0. The average molecular weight is 380 g/mol. The van der Waals surface area contributed by atoms with Crippen LogP contribution in [-0.2, 0) is 11.2 Å². The number of rotatable bonds is 9. The number of anilines is 1. The van der Waals surface area contributed by atoms with Gasteiger partial charge in [0.05, 0.1) is 13.0 Å². The maximum atomic E-state index is 10.7. The number of aryl methyl sites for hydroxylation is 1. The number of nitrogen functional groups attached to an aromatic ring is 1. The Balaban J connectivity index is 1.49. The van der Waals surface area contributed by atoms with Gasteiger partial charge in [0.15, 0.2) is 0 Å². The zero-order valence-electron chi connectivity index (χ0n) is 16.1. The molecule has 0 bridgehead atoms. The largest absolute Gasteiger partial charge is 0.494 e. The van der Waals surface area contributed by atoms with Gasteiger partial charge in [0, 0.05) is 37.0 Å². The van der Waals surface area contributed by atoms with Gasteiger partial charge in [-0.05, 0) is 42.5 Å². The highest BCUT2D eigenvalue weighted by atomic mass is 16.5. The summed E-state index contributed by atoms with van der Waals surface area (Å²) in [5.41, 5.74) is 10.6. The van der Waals surface area contributed by atoms with E-state index >= 15 is 0 Å². The highest BCUT2D eigenvalue weighted by molar-refractivity contribution is 5.76. The van der Waals surface area contributed by atoms with E-state index in [4.69, 9.17) is 15.6 Å². The Morgan fingerprint density at radius 2 is 2.00 bits per heavy atom. The molecule has 0 fully saturated rings. The van der Waals surface area contributed by atoms with E-state index in [1.165, 1.54) is 11.1 Å². The Bertz CT molecular complexity index is 818. The third kappa shape index (κ3) is 5.86. The summed E-state index contributed by atoms with van der Waals surface area (Å²) < 4.78 is 5.86. The van der Waals surface area contributed by atoms with Crippen LogP contribution in [0.2, 0.25) is 0 Å². The number of hydrogen-bond acceptors (Lipinski definition) is 4. The second kappa shape index (κ2) is 9.95. The van der Waals surface area contributed by atoms with Crippen molar-refractivity contribution in [2.24, 2.45) is 0 Å². The van der Waals surface area contributed by atoms with Crippen LogP contribution in [0.4, 0.5) is 5.69 Å². The molecule has 2 aromatic carbocycles. The first-order valence-electron chi connectivity index (χ1n) is 9.81. The van der Waals surface area contributed by atoms with Crippen molar-refractivity contribution in [1.82, 2.24) is 4.90 Å². The molecule has 3 rings (SSSR count). The minimum Gasteiger partial charge on any atom is -0.494 e. The predicted molar refractivity (Wildman–Crippen MR) is 112 cm³/mol. The van der Waals surface area contributed by atoms with Crippen LogP contribution in [0.15, 0.2) is 54.6 Å². The molecule has 2 aromatic rings. The van der Waals surface area contributed by atoms with Crippen molar-refractivity contribution < 1.29 is 14.6 Å². The third-order valence-electron chi connectivity index (χ3n) is 5.03. The molecule has 148 valence electrons. The van der Waals surface area contributed by atoms with Crippen molar-refractivity contribution in [2.75, 3.05) is 32.0 Å². The molecular weight excluding hydrogens is 352 g/mol. The molecule has 1 heterocycles. The SMILES string of the molecule is Nc1cc(OCCCc2ccccc2)ccc1C1=CCN(CCC(=O)O)CC1. The smallest absolute Gasteiger partial charge is 0.304 e. The van der Waals surface area contributed by atoms with Crippen molar-refractivity contribution in [3.8, 4) is 5.75 Å².